The molecule has 0 unspecified atom stereocenters. The summed E-state index contributed by atoms with van der Waals surface area (Å²) in [5.74, 6) is 1.36. The largest absolute Gasteiger partial charge is 0.497 e. The van der Waals surface area contributed by atoms with Gasteiger partial charge in [-0.05, 0) is 18.2 Å². The highest BCUT2D eigenvalue weighted by Gasteiger charge is 2.10. The molecule has 1 N–H and O–H groups in total. The van der Waals surface area contributed by atoms with E-state index in [0.29, 0.717) is 11.3 Å². The van der Waals surface area contributed by atoms with Gasteiger partial charge < -0.3 is 14.5 Å². The molecule has 3 rings (SSSR count). The van der Waals surface area contributed by atoms with Crippen molar-refractivity contribution in [1.82, 2.24) is 4.98 Å². The number of nitrogens with one attached hydrogen (secondary N) is 1. The van der Waals surface area contributed by atoms with E-state index in [9.17, 15) is 4.79 Å². The smallest absolute Gasteiger partial charge is 0.153 e. The molecule has 0 aliphatic carbocycles. The minimum atomic E-state index is 0.548. The van der Waals surface area contributed by atoms with Gasteiger partial charge in [-0.15, -0.1) is 0 Å². The molecule has 4 heteroatoms. The van der Waals surface area contributed by atoms with Gasteiger partial charge in [0.15, 0.2) is 6.29 Å². The van der Waals surface area contributed by atoms with Crippen LogP contribution in [0.15, 0.2) is 30.3 Å². The fourth-order valence-electron chi connectivity index (χ4n) is 2.33. The topological polar surface area (TPSA) is 51.3 Å². The van der Waals surface area contributed by atoms with Gasteiger partial charge in [0, 0.05) is 22.9 Å². The highest BCUT2D eigenvalue weighted by molar-refractivity contribution is 6.09. The lowest BCUT2D eigenvalue weighted by Gasteiger charge is -2.03. The highest BCUT2D eigenvalue weighted by Crippen LogP contribution is 2.32. The third-order valence-electron chi connectivity index (χ3n) is 3.28. The summed E-state index contributed by atoms with van der Waals surface area (Å²) in [6.07, 6.45) is 0.806. The number of fused-ring (bicyclic) bond motifs is 3. The first-order valence-corrected chi connectivity index (χ1v) is 5.89. The molecule has 0 saturated carbocycles. The Bertz CT molecular complexity index is 774. The van der Waals surface area contributed by atoms with Crippen molar-refractivity contribution in [1.29, 1.82) is 0 Å². The van der Waals surface area contributed by atoms with Crippen LogP contribution in [0.3, 0.4) is 0 Å². The molecule has 0 aliphatic heterocycles. The maximum atomic E-state index is 11.1. The molecule has 0 saturated heterocycles. The molecule has 0 bridgehead atoms. The standard InChI is InChI=1S/C15H13NO3/c1-18-10-3-4-11-12-5-9(8-17)15(19-2)7-14(12)16-13(11)6-10/h3-8,16H,1-2H3. The molecule has 0 spiro atoms. The number of hydrogen-bond acceptors (Lipinski definition) is 3. The van der Waals surface area contributed by atoms with Crippen molar-refractivity contribution in [3.8, 4) is 11.5 Å². The van der Waals surface area contributed by atoms with E-state index in [1.807, 2.05) is 30.3 Å². The Balaban J connectivity index is 2.36. The van der Waals surface area contributed by atoms with E-state index in [2.05, 4.69) is 4.98 Å². The minimum Gasteiger partial charge on any atom is -0.497 e. The third kappa shape index (κ3) is 1.73. The van der Waals surface area contributed by atoms with Gasteiger partial charge in [0.05, 0.1) is 30.8 Å². The van der Waals surface area contributed by atoms with E-state index in [0.717, 1.165) is 33.8 Å². The summed E-state index contributed by atoms with van der Waals surface area (Å²) in [4.78, 5) is 14.4. The molecule has 0 fully saturated rings. The number of ether oxygens (including phenoxy) is 2. The lowest BCUT2D eigenvalue weighted by atomic mass is 10.1. The molecule has 0 atom stereocenters. The van der Waals surface area contributed by atoms with Gasteiger partial charge in [0.25, 0.3) is 0 Å². The van der Waals surface area contributed by atoms with Gasteiger partial charge >= 0.3 is 0 Å². The van der Waals surface area contributed by atoms with Gasteiger partial charge in [-0.2, -0.15) is 0 Å². The second kappa shape index (κ2) is 4.31. The van der Waals surface area contributed by atoms with Crippen molar-refractivity contribution in [2.24, 2.45) is 0 Å². The molecule has 0 amide bonds. The Hall–Kier alpha value is -2.49. The SMILES string of the molecule is COc1ccc2c(c1)[nH]c1cc(OC)c(C=O)cc12. The summed E-state index contributed by atoms with van der Waals surface area (Å²) in [6, 6.07) is 9.49. The molecule has 1 aromatic heterocycles. The molecule has 4 nitrogen and oxygen atoms in total. The zero-order valence-corrected chi connectivity index (χ0v) is 10.7. The molecule has 0 aliphatic rings. The predicted octanol–water partition coefficient (Wildman–Crippen LogP) is 3.15. The molecule has 1 heterocycles. The van der Waals surface area contributed by atoms with E-state index < -0.39 is 0 Å². The Morgan fingerprint density at radius 3 is 2.47 bits per heavy atom. The second-order valence-corrected chi connectivity index (χ2v) is 4.29. The third-order valence-corrected chi connectivity index (χ3v) is 3.28. The van der Waals surface area contributed by atoms with Crippen LogP contribution in [-0.2, 0) is 0 Å². The first kappa shape index (κ1) is 11.6. The predicted molar refractivity (Wildman–Crippen MR) is 74.3 cm³/mol. The molecule has 3 aromatic rings. The number of aldehydes is 1. The Labute approximate surface area is 109 Å². The maximum Gasteiger partial charge on any atom is 0.153 e. The number of methoxy groups -OCH3 is 2. The summed E-state index contributed by atoms with van der Waals surface area (Å²) in [5.41, 5.74) is 2.46. The van der Waals surface area contributed by atoms with E-state index in [-0.39, 0.29) is 0 Å². The minimum absolute atomic E-state index is 0.548. The van der Waals surface area contributed by atoms with Crippen LogP contribution in [0.1, 0.15) is 10.4 Å². The average Bonchev–Trinajstić information content (AvgIpc) is 2.81. The van der Waals surface area contributed by atoms with Crippen molar-refractivity contribution in [3.63, 3.8) is 0 Å². The monoisotopic (exact) mass is 255 g/mol. The van der Waals surface area contributed by atoms with Gasteiger partial charge in [-0.25, -0.2) is 0 Å². The Kier molecular flexibility index (Phi) is 2.63. The summed E-state index contributed by atoms with van der Waals surface area (Å²) >= 11 is 0. The van der Waals surface area contributed by atoms with Gasteiger partial charge in [0.2, 0.25) is 0 Å². The van der Waals surface area contributed by atoms with Crippen LogP contribution in [0.2, 0.25) is 0 Å². The molecule has 19 heavy (non-hydrogen) atoms. The van der Waals surface area contributed by atoms with Crippen LogP contribution < -0.4 is 9.47 Å². The number of hydrogen-bond donors (Lipinski definition) is 1. The first-order chi connectivity index (χ1) is 9.26. The molecular weight excluding hydrogens is 242 g/mol. The fraction of sp³-hybridized carbons (Fsp3) is 0.133. The zero-order valence-electron chi connectivity index (χ0n) is 10.7. The summed E-state index contributed by atoms with van der Waals surface area (Å²) in [6.45, 7) is 0. The van der Waals surface area contributed by atoms with Crippen LogP contribution in [0.4, 0.5) is 0 Å². The van der Waals surface area contributed by atoms with Crippen LogP contribution in [0.25, 0.3) is 21.8 Å². The number of aromatic nitrogens is 1. The van der Waals surface area contributed by atoms with E-state index in [1.165, 1.54) is 0 Å². The summed E-state index contributed by atoms with van der Waals surface area (Å²) in [5, 5.41) is 2.06. The Morgan fingerprint density at radius 2 is 1.79 bits per heavy atom. The quantitative estimate of drug-likeness (QED) is 0.731. The first-order valence-electron chi connectivity index (χ1n) is 5.89. The van der Waals surface area contributed by atoms with Crippen molar-refractivity contribution in [2.45, 2.75) is 0 Å². The maximum absolute atomic E-state index is 11.1. The number of carbonyl (C=O) groups excluding carboxylic acids is 1. The van der Waals surface area contributed by atoms with Crippen molar-refractivity contribution >= 4 is 28.1 Å². The van der Waals surface area contributed by atoms with E-state index in [1.54, 1.807) is 14.2 Å². The molecule has 2 aromatic carbocycles. The molecule has 96 valence electrons. The van der Waals surface area contributed by atoms with Gasteiger partial charge in [0.1, 0.15) is 11.5 Å². The number of H-pyrrole nitrogens is 1. The second-order valence-electron chi connectivity index (χ2n) is 4.29. The number of rotatable bonds is 3. The lowest BCUT2D eigenvalue weighted by molar-refractivity contribution is 0.112. The van der Waals surface area contributed by atoms with Crippen LogP contribution in [-0.4, -0.2) is 25.5 Å². The van der Waals surface area contributed by atoms with Crippen LogP contribution in [0.5, 0.6) is 11.5 Å². The fourth-order valence-corrected chi connectivity index (χ4v) is 2.33. The van der Waals surface area contributed by atoms with Gasteiger partial charge in [-0.3, -0.25) is 4.79 Å². The van der Waals surface area contributed by atoms with Crippen LogP contribution in [0, 0.1) is 0 Å². The van der Waals surface area contributed by atoms with Crippen molar-refractivity contribution in [2.75, 3.05) is 14.2 Å². The van der Waals surface area contributed by atoms with E-state index >= 15 is 0 Å². The average molecular weight is 255 g/mol. The van der Waals surface area contributed by atoms with Crippen molar-refractivity contribution < 1.29 is 14.3 Å². The number of carbonyl (C=O) groups is 1. The molecular formula is C15H13NO3. The van der Waals surface area contributed by atoms with Crippen LogP contribution >= 0.6 is 0 Å². The Morgan fingerprint density at radius 1 is 1.00 bits per heavy atom. The van der Waals surface area contributed by atoms with Crippen molar-refractivity contribution in [3.05, 3.63) is 35.9 Å². The lowest BCUT2D eigenvalue weighted by Crippen LogP contribution is -1.89. The normalized spacial score (nSPS) is 10.8. The highest BCUT2D eigenvalue weighted by atomic mass is 16.5. The zero-order chi connectivity index (χ0) is 13.4. The number of aromatic amines is 1. The van der Waals surface area contributed by atoms with Gasteiger partial charge in [-0.1, -0.05) is 0 Å². The summed E-state index contributed by atoms with van der Waals surface area (Å²) in [7, 11) is 3.19. The molecule has 0 radical (unpaired) electrons. The summed E-state index contributed by atoms with van der Waals surface area (Å²) < 4.78 is 10.4. The number of benzene rings is 2. The van der Waals surface area contributed by atoms with E-state index in [4.69, 9.17) is 9.47 Å².